The number of para-hydroxylation sites is 1. The molecule has 124 valence electrons. The molecule has 24 heavy (non-hydrogen) atoms. The van der Waals surface area contributed by atoms with Crippen molar-refractivity contribution in [3.8, 4) is 0 Å². The van der Waals surface area contributed by atoms with Gasteiger partial charge in [0.1, 0.15) is 6.04 Å². The Hall–Kier alpha value is -2.62. The molecule has 1 N–H and O–H groups in total. The van der Waals surface area contributed by atoms with Crippen molar-refractivity contribution in [2.45, 2.75) is 39.7 Å². The first-order valence-corrected chi connectivity index (χ1v) is 8.29. The van der Waals surface area contributed by atoms with E-state index in [0.29, 0.717) is 5.69 Å². The summed E-state index contributed by atoms with van der Waals surface area (Å²) >= 11 is 0. The zero-order chi connectivity index (χ0) is 17.3. The van der Waals surface area contributed by atoms with Crippen LogP contribution in [0.3, 0.4) is 0 Å². The Kier molecular flexibility index (Phi) is 4.38. The molecule has 4 heteroatoms. The van der Waals surface area contributed by atoms with Crippen LogP contribution in [0.2, 0.25) is 0 Å². The number of nitrogens with one attached hydrogen (secondary N) is 1. The van der Waals surface area contributed by atoms with Crippen molar-refractivity contribution < 1.29 is 9.59 Å². The summed E-state index contributed by atoms with van der Waals surface area (Å²) in [6, 6.07) is 13.1. The van der Waals surface area contributed by atoms with E-state index in [9.17, 15) is 9.59 Å². The number of nitrogens with zero attached hydrogens (tertiary/aromatic N) is 1. The van der Waals surface area contributed by atoms with Crippen molar-refractivity contribution in [2.24, 2.45) is 0 Å². The van der Waals surface area contributed by atoms with Crippen LogP contribution in [0.15, 0.2) is 42.5 Å². The number of amides is 2. The second-order valence-corrected chi connectivity index (χ2v) is 6.27. The summed E-state index contributed by atoms with van der Waals surface area (Å²) in [6.45, 7) is 6.03. The third kappa shape index (κ3) is 2.92. The van der Waals surface area contributed by atoms with E-state index in [0.717, 1.165) is 28.8 Å². The highest BCUT2D eigenvalue weighted by Gasteiger charge is 2.40. The van der Waals surface area contributed by atoms with Gasteiger partial charge in [0.15, 0.2) is 0 Å². The van der Waals surface area contributed by atoms with E-state index in [1.165, 1.54) is 4.90 Å². The first-order valence-electron chi connectivity index (χ1n) is 8.29. The van der Waals surface area contributed by atoms with Crippen LogP contribution in [0.5, 0.6) is 0 Å². The van der Waals surface area contributed by atoms with Gasteiger partial charge >= 0.3 is 0 Å². The van der Waals surface area contributed by atoms with Crippen molar-refractivity contribution in [1.29, 1.82) is 0 Å². The number of anilines is 2. The molecule has 0 aromatic heterocycles. The number of aryl methyl sites for hydroxylation is 3. The molecule has 1 aliphatic heterocycles. The largest absolute Gasteiger partial charge is 0.373 e. The fourth-order valence-corrected chi connectivity index (χ4v) is 3.10. The van der Waals surface area contributed by atoms with E-state index in [1.54, 1.807) is 0 Å². The maximum atomic E-state index is 12.8. The molecule has 1 aliphatic rings. The topological polar surface area (TPSA) is 49.4 Å². The standard InChI is InChI=1S/C20H22N2O2/c1-4-15-7-5-6-8-18(15)22-19(23)12-17(20(22)24)21-16-11-13(2)9-10-14(16)3/h5-11,17,21H,4,12H2,1-3H3. The first-order chi connectivity index (χ1) is 11.5. The van der Waals surface area contributed by atoms with Crippen molar-refractivity contribution >= 4 is 23.2 Å². The van der Waals surface area contributed by atoms with Gasteiger partial charge < -0.3 is 5.32 Å². The van der Waals surface area contributed by atoms with Crippen LogP contribution >= 0.6 is 0 Å². The number of hydrogen-bond acceptors (Lipinski definition) is 3. The van der Waals surface area contributed by atoms with E-state index < -0.39 is 6.04 Å². The van der Waals surface area contributed by atoms with Crippen LogP contribution < -0.4 is 10.2 Å². The molecule has 1 atom stereocenters. The fourth-order valence-electron chi connectivity index (χ4n) is 3.10. The average molecular weight is 322 g/mol. The summed E-state index contributed by atoms with van der Waals surface area (Å²) < 4.78 is 0. The number of hydrogen-bond donors (Lipinski definition) is 1. The van der Waals surface area contributed by atoms with Crippen LogP contribution in [0.25, 0.3) is 0 Å². The van der Waals surface area contributed by atoms with Gasteiger partial charge in [0.2, 0.25) is 5.91 Å². The lowest BCUT2D eigenvalue weighted by Gasteiger charge is -2.19. The van der Waals surface area contributed by atoms with Gasteiger partial charge in [-0.1, -0.05) is 37.3 Å². The molecule has 2 aromatic carbocycles. The highest BCUT2D eigenvalue weighted by Crippen LogP contribution is 2.29. The minimum absolute atomic E-state index is 0.149. The molecule has 4 nitrogen and oxygen atoms in total. The number of imide groups is 1. The highest BCUT2D eigenvalue weighted by molar-refractivity contribution is 6.23. The summed E-state index contributed by atoms with van der Waals surface area (Å²) in [5.74, 6) is -0.328. The van der Waals surface area contributed by atoms with Gasteiger partial charge in [0.25, 0.3) is 5.91 Å². The molecule has 1 unspecified atom stereocenters. The summed E-state index contributed by atoms with van der Waals surface area (Å²) in [7, 11) is 0. The third-order valence-electron chi connectivity index (χ3n) is 4.48. The van der Waals surface area contributed by atoms with E-state index in [1.807, 2.05) is 63.2 Å². The van der Waals surface area contributed by atoms with Gasteiger partial charge in [0, 0.05) is 5.69 Å². The molecular formula is C20H22N2O2. The fraction of sp³-hybridized carbons (Fsp3) is 0.300. The van der Waals surface area contributed by atoms with E-state index in [4.69, 9.17) is 0 Å². The van der Waals surface area contributed by atoms with Gasteiger partial charge in [0.05, 0.1) is 12.1 Å². The van der Waals surface area contributed by atoms with Crippen molar-refractivity contribution in [3.63, 3.8) is 0 Å². The first kappa shape index (κ1) is 16.2. The van der Waals surface area contributed by atoms with Crippen LogP contribution in [0, 0.1) is 13.8 Å². The SMILES string of the molecule is CCc1ccccc1N1C(=O)CC(Nc2cc(C)ccc2C)C1=O. The maximum Gasteiger partial charge on any atom is 0.256 e. The molecule has 0 bridgehead atoms. The van der Waals surface area contributed by atoms with E-state index >= 15 is 0 Å². The van der Waals surface area contributed by atoms with E-state index in [-0.39, 0.29) is 18.2 Å². The molecule has 0 aliphatic carbocycles. The predicted molar refractivity (Wildman–Crippen MR) is 96.3 cm³/mol. The molecule has 1 saturated heterocycles. The Morgan fingerprint density at radius 3 is 2.62 bits per heavy atom. The van der Waals surface area contributed by atoms with Crippen molar-refractivity contribution in [2.75, 3.05) is 10.2 Å². The van der Waals surface area contributed by atoms with Gasteiger partial charge in [-0.15, -0.1) is 0 Å². The number of benzene rings is 2. The highest BCUT2D eigenvalue weighted by atomic mass is 16.2. The lowest BCUT2D eigenvalue weighted by molar-refractivity contribution is -0.121. The zero-order valence-electron chi connectivity index (χ0n) is 14.3. The molecule has 0 radical (unpaired) electrons. The average Bonchev–Trinajstić information content (AvgIpc) is 2.84. The summed E-state index contributed by atoms with van der Waals surface area (Å²) in [5, 5.41) is 3.26. The molecule has 3 rings (SSSR count). The molecule has 1 heterocycles. The Balaban J connectivity index is 1.88. The normalized spacial score (nSPS) is 17.5. The number of rotatable bonds is 4. The van der Waals surface area contributed by atoms with Crippen molar-refractivity contribution in [1.82, 2.24) is 0 Å². The molecular weight excluding hydrogens is 300 g/mol. The Morgan fingerprint density at radius 1 is 1.12 bits per heavy atom. The van der Waals surface area contributed by atoms with Gasteiger partial charge in [-0.05, 0) is 49.1 Å². The summed E-state index contributed by atoms with van der Waals surface area (Å²) in [5.41, 5.74) is 4.81. The lowest BCUT2D eigenvalue weighted by Crippen LogP contribution is -2.35. The second kappa shape index (κ2) is 6.48. The van der Waals surface area contributed by atoms with Crippen LogP contribution in [0.1, 0.15) is 30.0 Å². The lowest BCUT2D eigenvalue weighted by atomic mass is 10.1. The quantitative estimate of drug-likeness (QED) is 0.875. The van der Waals surface area contributed by atoms with Gasteiger partial charge in [-0.3, -0.25) is 9.59 Å². The minimum Gasteiger partial charge on any atom is -0.373 e. The van der Waals surface area contributed by atoms with Crippen LogP contribution in [0.4, 0.5) is 11.4 Å². The smallest absolute Gasteiger partial charge is 0.256 e. The summed E-state index contributed by atoms with van der Waals surface area (Å²) in [4.78, 5) is 26.6. The van der Waals surface area contributed by atoms with Crippen LogP contribution in [-0.4, -0.2) is 17.9 Å². The molecule has 0 saturated carbocycles. The predicted octanol–water partition coefficient (Wildman–Crippen LogP) is 3.61. The Bertz CT molecular complexity index is 798. The molecule has 0 spiro atoms. The van der Waals surface area contributed by atoms with Crippen molar-refractivity contribution in [3.05, 3.63) is 59.2 Å². The van der Waals surface area contributed by atoms with Gasteiger partial charge in [-0.25, -0.2) is 4.90 Å². The maximum absolute atomic E-state index is 12.8. The number of carbonyl (C=O) groups is 2. The van der Waals surface area contributed by atoms with Crippen LogP contribution in [-0.2, 0) is 16.0 Å². The zero-order valence-corrected chi connectivity index (χ0v) is 14.3. The Morgan fingerprint density at radius 2 is 1.88 bits per heavy atom. The van der Waals surface area contributed by atoms with Gasteiger partial charge in [-0.2, -0.15) is 0 Å². The molecule has 1 fully saturated rings. The second-order valence-electron chi connectivity index (χ2n) is 6.27. The summed E-state index contributed by atoms with van der Waals surface area (Å²) in [6.07, 6.45) is 0.965. The molecule has 2 aromatic rings. The monoisotopic (exact) mass is 322 g/mol. The number of carbonyl (C=O) groups excluding carboxylic acids is 2. The van der Waals surface area contributed by atoms with E-state index in [2.05, 4.69) is 5.32 Å². The third-order valence-corrected chi connectivity index (χ3v) is 4.48. The molecule has 2 amide bonds. The Labute approximate surface area is 142 Å². The minimum atomic E-state index is -0.511.